The first-order chi connectivity index (χ1) is 16.1. The zero-order valence-electron chi connectivity index (χ0n) is 19.2. The molecule has 7 nitrogen and oxygen atoms in total. The van der Waals surface area contributed by atoms with Crippen LogP contribution in [0.4, 0.5) is 5.69 Å². The molecule has 6 rings (SSSR count). The minimum atomic E-state index is 0.0631. The van der Waals surface area contributed by atoms with Gasteiger partial charge in [-0.05, 0) is 50.0 Å². The zero-order chi connectivity index (χ0) is 22.6. The number of nitrogens with zero attached hydrogens (tertiary/aromatic N) is 5. The minimum Gasteiger partial charge on any atom is -0.326 e. The second-order valence-electron chi connectivity index (χ2n) is 9.48. The minimum absolute atomic E-state index is 0.0631. The maximum Gasteiger partial charge on any atom is 0.229 e. The Morgan fingerprint density at radius 1 is 1.09 bits per heavy atom. The van der Waals surface area contributed by atoms with Crippen LogP contribution in [0.15, 0.2) is 66.9 Å². The van der Waals surface area contributed by atoms with Crippen LogP contribution in [0.2, 0.25) is 0 Å². The molecule has 3 aromatic rings. The van der Waals surface area contributed by atoms with Crippen molar-refractivity contribution in [1.29, 1.82) is 0 Å². The van der Waals surface area contributed by atoms with Crippen LogP contribution in [-0.4, -0.2) is 56.9 Å². The molecular formula is C26H32N6O. The SMILES string of the molecule is CN(Cc1ccccc1)Cc1cn(CC2CC3CCN2CC3C(=O)Nc2ccccc2)nn1. The van der Waals surface area contributed by atoms with Gasteiger partial charge in [-0.3, -0.25) is 19.3 Å². The Hall–Kier alpha value is -3.03. The number of para-hydroxylation sites is 1. The van der Waals surface area contributed by atoms with E-state index in [1.54, 1.807) is 0 Å². The van der Waals surface area contributed by atoms with E-state index < -0.39 is 0 Å². The van der Waals surface area contributed by atoms with Gasteiger partial charge in [0.25, 0.3) is 0 Å². The van der Waals surface area contributed by atoms with Crippen molar-refractivity contribution < 1.29 is 4.79 Å². The van der Waals surface area contributed by atoms with E-state index in [1.807, 2.05) is 41.1 Å². The fourth-order valence-corrected chi connectivity index (χ4v) is 5.33. The average Bonchev–Trinajstić information content (AvgIpc) is 3.27. The molecule has 0 radical (unpaired) electrons. The van der Waals surface area contributed by atoms with Crippen LogP contribution in [0.5, 0.6) is 0 Å². The highest BCUT2D eigenvalue weighted by molar-refractivity contribution is 5.93. The molecule has 33 heavy (non-hydrogen) atoms. The first-order valence-corrected chi connectivity index (χ1v) is 11.9. The van der Waals surface area contributed by atoms with Crippen LogP contribution in [0, 0.1) is 11.8 Å². The number of amides is 1. The van der Waals surface area contributed by atoms with E-state index >= 15 is 0 Å². The lowest BCUT2D eigenvalue weighted by Gasteiger charge is -2.49. The quantitative estimate of drug-likeness (QED) is 0.578. The van der Waals surface area contributed by atoms with E-state index in [0.29, 0.717) is 12.0 Å². The van der Waals surface area contributed by atoms with Crippen LogP contribution >= 0.6 is 0 Å². The Kier molecular flexibility index (Phi) is 6.51. The average molecular weight is 445 g/mol. The van der Waals surface area contributed by atoms with Gasteiger partial charge in [0.2, 0.25) is 5.91 Å². The van der Waals surface area contributed by atoms with E-state index in [2.05, 4.69) is 62.9 Å². The van der Waals surface area contributed by atoms with Gasteiger partial charge >= 0.3 is 0 Å². The summed E-state index contributed by atoms with van der Waals surface area (Å²) in [5.74, 6) is 0.649. The van der Waals surface area contributed by atoms with E-state index in [1.165, 1.54) is 5.56 Å². The maximum atomic E-state index is 12.9. The third kappa shape index (κ3) is 5.31. The van der Waals surface area contributed by atoms with E-state index in [4.69, 9.17) is 0 Å². The summed E-state index contributed by atoms with van der Waals surface area (Å²) >= 11 is 0. The van der Waals surface area contributed by atoms with E-state index in [0.717, 1.165) is 56.9 Å². The van der Waals surface area contributed by atoms with Gasteiger partial charge < -0.3 is 5.32 Å². The standard InChI is InChI=1S/C26H32N6O/c1-30(15-20-8-4-2-5-9-20)16-23-17-32(29-28-23)18-24-14-21-12-13-31(24)19-25(21)26(33)27-22-10-6-3-7-11-22/h2-11,17,21,24-25H,12-16,18-19H2,1H3,(H,27,33). The Balaban J connectivity index is 1.14. The molecule has 0 aliphatic carbocycles. The fourth-order valence-electron chi connectivity index (χ4n) is 5.33. The summed E-state index contributed by atoms with van der Waals surface area (Å²) in [7, 11) is 2.11. The fraction of sp³-hybridized carbons (Fsp3) is 0.423. The molecule has 1 N–H and O–H groups in total. The smallest absolute Gasteiger partial charge is 0.229 e. The molecule has 2 bridgehead atoms. The van der Waals surface area contributed by atoms with Crippen molar-refractivity contribution in [1.82, 2.24) is 24.8 Å². The molecule has 3 aliphatic heterocycles. The Morgan fingerprint density at radius 3 is 2.58 bits per heavy atom. The van der Waals surface area contributed by atoms with Crippen LogP contribution in [0.3, 0.4) is 0 Å². The molecule has 3 fully saturated rings. The molecule has 2 aromatic carbocycles. The summed E-state index contributed by atoms with van der Waals surface area (Å²) < 4.78 is 1.98. The molecule has 1 aromatic heterocycles. The van der Waals surface area contributed by atoms with E-state index in [-0.39, 0.29) is 11.8 Å². The zero-order valence-corrected chi connectivity index (χ0v) is 19.2. The summed E-state index contributed by atoms with van der Waals surface area (Å²) in [6.07, 6.45) is 4.21. The lowest BCUT2D eigenvalue weighted by molar-refractivity contribution is -0.127. The molecule has 172 valence electrons. The first-order valence-electron chi connectivity index (χ1n) is 11.9. The molecule has 4 unspecified atom stereocenters. The maximum absolute atomic E-state index is 12.9. The number of carbonyl (C=O) groups excluding carboxylic acids is 1. The van der Waals surface area contributed by atoms with Crippen molar-refractivity contribution in [3.05, 3.63) is 78.1 Å². The molecule has 3 aliphatic rings. The van der Waals surface area contributed by atoms with Gasteiger partial charge in [-0.15, -0.1) is 5.10 Å². The lowest BCUT2D eigenvalue weighted by atomic mass is 9.75. The molecule has 0 spiro atoms. The van der Waals surface area contributed by atoms with Gasteiger partial charge in [-0.2, -0.15) is 0 Å². The van der Waals surface area contributed by atoms with Crippen molar-refractivity contribution in [2.75, 3.05) is 25.5 Å². The third-order valence-corrected chi connectivity index (χ3v) is 6.97. The van der Waals surface area contributed by atoms with Crippen molar-refractivity contribution in [2.24, 2.45) is 11.8 Å². The highest BCUT2D eigenvalue weighted by atomic mass is 16.2. The summed E-state index contributed by atoms with van der Waals surface area (Å²) in [6.45, 7) is 4.38. The van der Waals surface area contributed by atoms with Gasteiger partial charge in [0.1, 0.15) is 0 Å². The monoisotopic (exact) mass is 444 g/mol. The number of carbonyl (C=O) groups is 1. The summed E-state index contributed by atoms with van der Waals surface area (Å²) in [6, 6.07) is 20.7. The number of nitrogens with one attached hydrogen (secondary N) is 1. The largest absolute Gasteiger partial charge is 0.326 e. The molecule has 3 saturated heterocycles. The Labute approximate surface area is 195 Å². The molecule has 0 saturated carbocycles. The van der Waals surface area contributed by atoms with Gasteiger partial charge in [0.15, 0.2) is 0 Å². The number of piperidine rings is 3. The Morgan fingerprint density at radius 2 is 1.85 bits per heavy atom. The van der Waals surface area contributed by atoms with Crippen LogP contribution in [-0.2, 0) is 24.4 Å². The van der Waals surface area contributed by atoms with Crippen molar-refractivity contribution in [2.45, 2.75) is 38.5 Å². The lowest BCUT2D eigenvalue weighted by Crippen LogP contribution is -2.57. The topological polar surface area (TPSA) is 66.3 Å². The second-order valence-corrected chi connectivity index (χ2v) is 9.48. The molecule has 4 atom stereocenters. The first kappa shape index (κ1) is 21.8. The number of hydrogen-bond acceptors (Lipinski definition) is 5. The highest BCUT2D eigenvalue weighted by Gasteiger charge is 2.43. The highest BCUT2D eigenvalue weighted by Crippen LogP contribution is 2.37. The van der Waals surface area contributed by atoms with Crippen molar-refractivity contribution >= 4 is 11.6 Å². The molecule has 4 heterocycles. The number of anilines is 1. The normalized spacial score (nSPS) is 24.2. The van der Waals surface area contributed by atoms with E-state index in [9.17, 15) is 4.79 Å². The van der Waals surface area contributed by atoms with Crippen molar-refractivity contribution in [3.8, 4) is 0 Å². The summed E-state index contributed by atoms with van der Waals surface area (Å²) in [4.78, 5) is 17.6. The third-order valence-electron chi connectivity index (χ3n) is 6.97. The van der Waals surface area contributed by atoms with Crippen LogP contribution in [0.25, 0.3) is 0 Å². The van der Waals surface area contributed by atoms with Crippen LogP contribution < -0.4 is 5.32 Å². The van der Waals surface area contributed by atoms with Gasteiger partial charge in [-0.1, -0.05) is 53.7 Å². The van der Waals surface area contributed by atoms with Gasteiger partial charge in [0, 0.05) is 37.6 Å². The number of rotatable bonds is 8. The number of aromatic nitrogens is 3. The number of fused-ring (bicyclic) bond motifs is 3. The summed E-state index contributed by atoms with van der Waals surface area (Å²) in [5.41, 5.74) is 3.16. The summed E-state index contributed by atoms with van der Waals surface area (Å²) in [5, 5.41) is 11.9. The second kappa shape index (κ2) is 9.85. The Bertz CT molecular complexity index is 1050. The molecule has 7 heteroatoms. The van der Waals surface area contributed by atoms with Crippen molar-refractivity contribution in [3.63, 3.8) is 0 Å². The van der Waals surface area contributed by atoms with Gasteiger partial charge in [0.05, 0.1) is 18.2 Å². The predicted octanol–water partition coefficient (Wildman–Crippen LogP) is 3.26. The molecule has 1 amide bonds. The molecular weight excluding hydrogens is 412 g/mol. The predicted molar refractivity (Wildman–Crippen MR) is 128 cm³/mol. The van der Waals surface area contributed by atoms with Crippen LogP contribution in [0.1, 0.15) is 24.1 Å². The number of hydrogen-bond donors (Lipinski definition) is 1. The number of benzene rings is 2. The van der Waals surface area contributed by atoms with Gasteiger partial charge in [-0.25, -0.2) is 0 Å².